The molecule has 0 aliphatic rings. The maximum absolute atomic E-state index is 6.83. The van der Waals surface area contributed by atoms with Crippen LogP contribution in [0.2, 0.25) is 20.1 Å². The first kappa shape index (κ1) is 87.3. The van der Waals surface area contributed by atoms with Gasteiger partial charge in [0.2, 0.25) is 0 Å². The molecule has 0 atom stereocenters. The van der Waals surface area contributed by atoms with Gasteiger partial charge in [0.15, 0.2) is 0 Å². The van der Waals surface area contributed by atoms with E-state index in [1.165, 1.54) is 171 Å². The van der Waals surface area contributed by atoms with Gasteiger partial charge in [-0.2, -0.15) is 0 Å². The SMILES string of the molecule is Clc1cc2c(c3ccccc13)c1cc(-c3ccc4sc5ccccc5c4c3)ccc1n2-c1ccccc1.Clc1ccc2c3cc(-c4cc5c6ccccc6sc5c5ccccc45)ccc3n(-c3ccccc3)c2c1.Clc1ccc2c3cc(-c4ccc5oc6c7ccccc7ccc6c5c4)ccc3n(-c3ccccc3)c2c1.Clc1ccc2c3cc(-c4ccc5oc6cc7ccccc7cc6c5c4)ccc3n(-c3ccccc3)c2c1. The molecule has 0 N–H and O–H groups in total. The molecule has 0 radical (unpaired) electrons. The summed E-state index contributed by atoms with van der Waals surface area (Å²) in [6, 6.07) is 172. The van der Waals surface area contributed by atoms with Gasteiger partial charge in [-0.25, -0.2) is 0 Å². The Hall–Kier alpha value is -17.3. The molecule has 0 spiro atoms. The van der Waals surface area contributed by atoms with Crippen LogP contribution in [0.25, 0.3) is 282 Å². The number of para-hydroxylation sites is 4. The first-order valence-corrected chi connectivity index (χ1v) is 52.7. The minimum atomic E-state index is 0.734. The highest BCUT2D eigenvalue weighted by molar-refractivity contribution is 7.27. The van der Waals surface area contributed by atoms with Crippen LogP contribution in [0.15, 0.2) is 494 Å². The first-order valence-electron chi connectivity index (χ1n) is 49.5. The Morgan fingerprint density at radius 2 is 0.541 bits per heavy atom. The second-order valence-electron chi connectivity index (χ2n) is 38.1. The smallest absolute Gasteiger partial charge is 0.143 e. The summed E-state index contributed by atoms with van der Waals surface area (Å²) in [4.78, 5) is 0. The lowest BCUT2D eigenvalue weighted by Gasteiger charge is -2.11. The van der Waals surface area contributed by atoms with Crippen LogP contribution in [0.3, 0.4) is 0 Å². The number of rotatable bonds is 8. The molecule has 32 aromatic rings. The lowest BCUT2D eigenvalue weighted by atomic mass is 9.94. The molecule has 0 bridgehead atoms. The van der Waals surface area contributed by atoms with E-state index >= 15 is 0 Å². The molecule has 0 fully saturated rings. The lowest BCUT2D eigenvalue weighted by Crippen LogP contribution is -1.93. The maximum atomic E-state index is 6.83. The van der Waals surface area contributed by atoms with Crippen LogP contribution in [0.1, 0.15) is 0 Å². The monoisotopic (exact) mass is 2000 g/mol. The number of benzene rings is 24. The molecule has 12 heteroatoms. The molecular formula is C136H80Cl4N4O2S2. The van der Waals surface area contributed by atoms with Gasteiger partial charge < -0.3 is 27.1 Å². The Bertz CT molecular complexity index is 10900. The summed E-state index contributed by atoms with van der Waals surface area (Å²) in [6.07, 6.45) is 0. The molecule has 0 aliphatic heterocycles. The molecule has 0 saturated heterocycles. The van der Waals surface area contributed by atoms with E-state index in [0.29, 0.717) is 0 Å². The van der Waals surface area contributed by atoms with Crippen molar-refractivity contribution in [3.05, 3.63) is 505 Å². The molecule has 0 unspecified atom stereocenters. The summed E-state index contributed by atoms with van der Waals surface area (Å²) in [5.41, 5.74) is 27.0. The van der Waals surface area contributed by atoms with Crippen LogP contribution in [-0.2, 0) is 0 Å². The zero-order valence-electron chi connectivity index (χ0n) is 79.1. The van der Waals surface area contributed by atoms with E-state index in [1.54, 1.807) is 0 Å². The third-order valence-corrected chi connectivity index (χ3v) is 33.1. The number of fused-ring (bicyclic) bond motifs is 31. The molecule has 0 aliphatic carbocycles. The van der Waals surface area contributed by atoms with Gasteiger partial charge in [0.25, 0.3) is 0 Å². The number of hydrogen-bond acceptors (Lipinski definition) is 4. The zero-order chi connectivity index (χ0) is 98.0. The van der Waals surface area contributed by atoms with Crippen molar-refractivity contribution in [3.8, 4) is 67.3 Å². The van der Waals surface area contributed by atoms with Gasteiger partial charge in [-0.3, -0.25) is 0 Å². The Kier molecular flexibility index (Phi) is 20.8. The fourth-order valence-electron chi connectivity index (χ4n) is 23.0. The van der Waals surface area contributed by atoms with Crippen molar-refractivity contribution in [2.45, 2.75) is 0 Å². The van der Waals surface area contributed by atoms with Crippen LogP contribution in [0.5, 0.6) is 0 Å². The standard InChI is InChI=1S/2C34H20ClNO.2C34H20ClNS/c35-25-12-13-27-28-16-23(10-14-31(28)36(32(27)20-25)26-8-2-1-3-9-26)24-11-15-33-29(18-24)30-17-21-6-4-5-7-22(21)19-34(30)37-33;35-24-13-15-27-29-18-22(11-16-31(29)36(32(27)20-24)25-7-2-1-3-8-25)23-12-17-33-30(19-23)28-14-10-21-6-4-5-9-26(21)34(28)37-33;35-22-15-16-25-29-18-21(14-17-31(29)36(32(25)19-22)23-8-2-1-3-9-23)28-20-30-26-11-6-7-13-33(26)37-34(30)27-12-5-4-10-24(27)28;35-29-20-31-34(26-12-5-4-10-24(26)29)28-19-21(14-16-30(28)36(31)23-8-2-1-3-9-23)22-15-17-33-27(18-22)25-11-6-7-13-32(25)37-33/h4*1-20H. The van der Waals surface area contributed by atoms with Crippen LogP contribution < -0.4 is 0 Å². The average Bonchev–Trinajstić information content (AvgIpc) is 1.57. The Morgan fingerprint density at radius 1 is 0.176 bits per heavy atom. The van der Waals surface area contributed by atoms with E-state index < -0.39 is 0 Å². The highest BCUT2D eigenvalue weighted by Gasteiger charge is 2.25. The third-order valence-electron chi connectivity index (χ3n) is 29.7. The van der Waals surface area contributed by atoms with E-state index in [-0.39, 0.29) is 0 Å². The molecule has 8 aromatic heterocycles. The van der Waals surface area contributed by atoms with E-state index in [9.17, 15) is 0 Å². The molecule has 8 heterocycles. The molecule has 24 aromatic carbocycles. The normalized spacial score (nSPS) is 11.9. The van der Waals surface area contributed by atoms with Crippen molar-refractivity contribution in [3.63, 3.8) is 0 Å². The summed E-state index contributed by atoms with van der Waals surface area (Å²) < 4.78 is 27.1. The second kappa shape index (κ2) is 35.3. The molecule has 0 amide bonds. The van der Waals surface area contributed by atoms with Gasteiger partial charge in [0.05, 0.1) is 49.2 Å². The maximum Gasteiger partial charge on any atom is 0.143 e. The molecular weight excluding hydrogens is 1930 g/mol. The summed E-state index contributed by atoms with van der Waals surface area (Å²) in [5.74, 6) is 0. The number of furan rings is 2. The Balaban J connectivity index is 0.0000000930. The van der Waals surface area contributed by atoms with Crippen LogP contribution in [0, 0.1) is 0 Å². The van der Waals surface area contributed by atoms with Crippen molar-refractivity contribution in [1.29, 1.82) is 0 Å². The molecule has 6 nitrogen and oxygen atoms in total. The number of hydrogen-bond donors (Lipinski definition) is 0. The van der Waals surface area contributed by atoms with E-state index in [1.807, 2.05) is 53.0 Å². The van der Waals surface area contributed by atoms with Crippen molar-refractivity contribution in [1.82, 2.24) is 18.3 Å². The summed E-state index contributed by atoms with van der Waals surface area (Å²) in [6.45, 7) is 0. The minimum Gasteiger partial charge on any atom is -0.456 e. The number of nitrogens with zero attached hydrogens (tertiary/aromatic N) is 4. The summed E-state index contributed by atoms with van der Waals surface area (Å²) >= 11 is 29.9. The Morgan fingerprint density at radius 3 is 1.08 bits per heavy atom. The molecule has 148 heavy (non-hydrogen) atoms. The molecule has 696 valence electrons. The van der Waals surface area contributed by atoms with Gasteiger partial charge in [-0.1, -0.05) is 319 Å². The fourth-order valence-corrected chi connectivity index (χ4v) is 26.0. The lowest BCUT2D eigenvalue weighted by molar-refractivity contribution is 0.669. The zero-order valence-corrected chi connectivity index (χ0v) is 83.8. The van der Waals surface area contributed by atoms with Gasteiger partial charge in [-0.05, 0) is 284 Å². The van der Waals surface area contributed by atoms with Crippen LogP contribution >= 0.6 is 69.1 Å². The van der Waals surface area contributed by atoms with Crippen molar-refractivity contribution >= 4 is 284 Å². The van der Waals surface area contributed by atoms with Crippen molar-refractivity contribution in [2.75, 3.05) is 0 Å². The highest BCUT2D eigenvalue weighted by Crippen LogP contribution is 2.50. The first-order chi connectivity index (χ1) is 73.0. The number of aromatic nitrogens is 4. The minimum absolute atomic E-state index is 0.734. The van der Waals surface area contributed by atoms with E-state index in [2.05, 4.69) is 473 Å². The van der Waals surface area contributed by atoms with E-state index in [4.69, 9.17) is 55.2 Å². The number of halogens is 4. The van der Waals surface area contributed by atoms with Gasteiger partial charge in [-0.15, -0.1) is 22.7 Å². The topological polar surface area (TPSA) is 46.0 Å². The average molecular weight is 2010 g/mol. The van der Waals surface area contributed by atoms with Crippen molar-refractivity contribution in [2.24, 2.45) is 0 Å². The van der Waals surface area contributed by atoms with E-state index in [0.717, 1.165) is 131 Å². The highest BCUT2D eigenvalue weighted by atomic mass is 35.5. The largest absolute Gasteiger partial charge is 0.456 e. The van der Waals surface area contributed by atoms with Gasteiger partial charge >= 0.3 is 0 Å². The van der Waals surface area contributed by atoms with Crippen LogP contribution in [0.4, 0.5) is 0 Å². The van der Waals surface area contributed by atoms with Gasteiger partial charge in [0.1, 0.15) is 22.3 Å². The molecule has 0 saturated carbocycles. The quantitative estimate of drug-likeness (QED) is 0.152. The number of thiophene rings is 2. The summed E-state index contributed by atoms with van der Waals surface area (Å²) in [7, 11) is 0. The predicted octanol–water partition coefficient (Wildman–Crippen LogP) is 41.6. The van der Waals surface area contributed by atoms with Crippen molar-refractivity contribution < 1.29 is 8.83 Å². The summed E-state index contributed by atoms with van der Waals surface area (Å²) in [5, 5.41) is 32.2. The Labute approximate surface area is 875 Å². The van der Waals surface area contributed by atoms with Crippen LogP contribution in [-0.4, -0.2) is 18.3 Å². The fraction of sp³-hybridized carbons (Fsp3) is 0. The third kappa shape index (κ3) is 14.6. The predicted molar refractivity (Wildman–Crippen MR) is 635 cm³/mol. The molecule has 32 rings (SSSR count). The van der Waals surface area contributed by atoms with Gasteiger partial charge in [0, 0.05) is 159 Å². The second-order valence-corrected chi connectivity index (χ2v) is 42.0.